The summed E-state index contributed by atoms with van der Waals surface area (Å²) in [5.74, 6) is -0.438. The van der Waals surface area contributed by atoms with Crippen molar-refractivity contribution in [1.82, 2.24) is 9.97 Å². The van der Waals surface area contributed by atoms with Crippen molar-refractivity contribution in [2.24, 2.45) is 0 Å². The van der Waals surface area contributed by atoms with Crippen LogP contribution in [0.4, 0.5) is 5.69 Å². The summed E-state index contributed by atoms with van der Waals surface area (Å²) in [6, 6.07) is 1.93. The molecule has 0 atom stereocenters. The largest absolute Gasteiger partial charge is 0.462 e. The van der Waals surface area contributed by atoms with Crippen LogP contribution in [0, 0.1) is 13.8 Å². The van der Waals surface area contributed by atoms with Crippen LogP contribution in [0.25, 0.3) is 11.0 Å². The lowest BCUT2D eigenvalue weighted by Gasteiger charge is -2.14. The molecule has 0 aliphatic carbocycles. The highest BCUT2D eigenvalue weighted by molar-refractivity contribution is 6.05. The Morgan fingerprint density at radius 2 is 2.19 bits per heavy atom. The van der Waals surface area contributed by atoms with Gasteiger partial charge in [-0.25, -0.2) is 14.8 Å². The molecule has 0 radical (unpaired) electrons. The molecule has 0 bridgehead atoms. The van der Waals surface area contributed by atoms with Gasteiger partial charge in [-0.3, -0.25) is 0 Å². The quantitative estimate of drug-likeness (QED) is 0.817. The molecule has 0 aliphatic rings. The highest BCUT2D eigenvalue weighted by atomic mass is 16.5. The van der Waals surface area contributed by atoms with E-state index in [0.717, 1.165) is 16.6 Å². The number of nitrogens with one attached hydrogen (secondary N) is 1. The summed E-state index contributed by atoms with van der Waals surface area (Å²) in [5.41, 5.74) is 3.37. The fourth-order valence-electron chi connectivity index (χ4n) is 2.27. The molecule has 2 N–H and O–H groups in total. The van der Waals surface area contributed by atoms with E-state index >= 15 is 0 Å². The van der Waals surface area contributed by atoms with E-state index in [1.807, 2.05) is 19.9 Å². The molecule has 0 fully saturated rings. The van der Waals surface area contributed by atoms with Gasteiger partial charge in [0.25, 0.3) is 0 Å². The Bertz CT molecular complexity index is 671. The standard InChI is InChI=1S/C15H19N3O3/c1-4-21-15(20)11-8-17-14-12(13(11)16-5-6-19)9(2)7-10(3)18-14/h7-8,19H,4-6H2,1-3H3,(H,16,17,18). The van der Waals surface area contributed by atoms with Crippen molar-refractivity contribution in [3.8, 4) is 0 Å². The van der Waals surface area contributed by atoms with E-state index in [4.69, 9.17) is 9.84 Å². The molecular weight excluding hydrogens is 270 g/mol. The molecule has 6 heteroatoms. The average Bonchev–Trinajstić information content (AvgIpc) is 2.44. The number of aliphatic hydroxyl groups excluding tert-OH is 1. The Balaban J connectivity index is 2.66. The van der Waals surface area contributed by atoms with Gasteiger partial charge in [0.15, 0.2) is 5.65 Å². The number of anilines is 1. The number of esters is 1. The smallest absolute Gasteiger partial charge is 0.341 e. The van der Waals surface area contributed by atoms with Crippen LogP contribution in [-0.2, 0) is 4.74 Å². The molecule has 2 aromatic heterocycles. The topological polar surface area (TPSA) is 84.3 Å². The van der Waals surface area contributed by atoms with Crippen molar-refractivity contribution in [2.45, 2.75) is 20.8 Å². The third-order valence-electron chi connectivity index (χ3n) is 3.07. The fourth-order valence-corrected chi connectivity index (χ4v) is 2.27. The number of fused-ring (bicyclic) bond motifs is 1. The first kappa shape index (κ1) is 15.2. The number of ether oxygens (including phenoxy) is 1. The monoisotopic (exact) mass is 289 g/mol. The van der Waals surface area contributed by atoms with Crippen LogP contribution in [0.2, 0.25) is 0 Å². The van der Waals surface area contributed by atoms with Crippen molar-refractivity contribution in [3.63, 3.8) is 0 Å². The van der Waals surface area contributed by atoms with Gasteiger partial charge in [-0.15, -0.1) is 0 Å². The lowest BCUT2D eigenvalue weighted by Crippen LogP contribution is -2.14. The minimum atomic E-state index is -0.438. The average molecular weight is 289 g/mol. The summed E-state index contributed by atoms with van der Waals surface area (Å²) in [6.45, 7) is 6.18. The minimum Gasteiger partial charge on any atom is -0.462 e. The summed E-state index contributed by atoms with van der Waals surface area (Å²) < 4.78 is 5.06. The molecule has 0 amide bonds. The van der Waals surface area contributed by atoms with E-state index in [9.17, 15) is 4.79 Å². The molecule has 2 rings (SSSR count). The van der Waals surface area contributed by atoms with E-state index in [2.05, 4.69) is 15.3 Å². The van der Waals surface area contributed by atoms with Gasteiger partial charge < -0.3 is 15.2 Å². The Morgan fingerprint density at radius 3 is 2.86 bits per heavy atom. The van der Waals surface area contributed by atoms with Crippen LogP contribution in [0.5, 0.6) is 0 Å². The van der Waals surface area contributed by atoms with E-state index in [-0.39, 0.29) is 6.61 Å². The highest BCUT2D eigenvalue weighted by Gasteiger charge is 2.18. The second-order valence-corrected chi connectivity index (χ2v) is 4.70. The first-order valence-electron chi connectivity index (χ1n) is 6.87. The molecule has 0 spiro atoms. The number of hydrogen-bond donors (Lipinski definition) is 2. The number of aliphatic hydroxyl groups is 1. The van der Waals surface area contributed by atoms with Gasteiger partial charge in [0.1, 0.15) is 5.56 Å². The molecule has 6 nitrogen and oxygen atoms in total. The number of carbonyl (C=O) groups excluding carboxylic acids is 1. The predicted molar refractivity (Wildman–Crippen MR) is 80.5 cm³/mol. The number of nitrogens with zero attached hydrogens (tertiary/aromatic N) is 2. The third-order valence-corrected chi connectivity index (χ3v) is 3.07. The lowest BCUT2D eigenvalue weighted by atomic mass is 10.1. The Kier molecular flexibility index (Phi) is 4.70. The van der Waals surface area contributed by atoms with Gasteiger partial charge in [-0.1, -0.05) is 0 Å². The first-order chi connectivity index (χ1) is 10.1. The van der Waals surface area contributed by atoms with Gasteiger partial charge in [0.2, 0.25) is 0 Å². The van der Waals surface area contributed by atoms with Crippen LogP contribution < -0.4 is 5.32 Å². The molecule has 21 heavy (non-hydrogen) atoms. The van der Waals surface area contributed by atoms with Crippen molar-refractivity contribution >= 4 is 22.7 Å². The second kappa shape index (κ2) is 6.49. The molecule has 0 aromatic carbocycles. The molecular formula is C15H19N3O3. The van der Waals surface area contributed by atoms with Crippen LogP contribution in [0.3, 0.4) is 0 Å². The first-order valence-corrected chi connectivity index (χ1v) is 6.87. The summed E-state index contributed by atoms with van der Waals surface area (Å²) >= 11 is 0. The summed E-state index contributed by atoms with van der Waals surface area (Å²) in [7, 11) is 0. The van der Waals surface area contributed by atoms with Gasteiger partial charge in [0, 0.05) is 23.8 Å². The zero-order chi connectivity index (χ0) is 15.4. The lowest BCUT2D eigenvalue weighted by molar-refractivity contribution is 0.0527. The maximum atomic E-state index is 12.1. The zero-order valence-corrected chi connectivity index (χ0v) is 12.4. The molecule has 2 aromatic rings. The molecule has 2 heterocycles. The van der Waals surface area contributed by atoms with E-state index in [1.165, 1.54) is 6.20 Å². The maximum absolute atomic E-state index is 12.1. The van der Waals surface area contributed by atoms with Crippen LogP contribution >= 0.6 is 0 Å². The predicted octanol–water partition coefficient (Wildman–Crippen LogP) is 1.83. The van der Waals surface area contributed by atoms with Crippen LogP contribution in [-0.4, -0.2) is 40.8 Å². The van der Waals surface area contributed by atoms with Gasteiger partial charge in [0.05, 0.1) is 18.9 Å². The minimum absolute atomic E-state index is 0.0373. The summed E-state index contributed by atoms with van der Waals surface area (Å²) in [5, 5.41) is 12.9. The van der Waals surface area contributed by atoms with Gasteiger partial charge in [-0.2, -0.15) is 0 Å². The SMILES string of the molecule is CCOC(=O)c1cnc2nc(C)cc(C)c2c1NCCO. The van der Waals surface area contributed by atoms with E-state index in [1.54, 1.807) is 6.92 Å². The molecule has 0 aliphatic heterocycles. The number of pyridine rings is 2. The van der Waals surface area contributed by atoms with Crippen LogP contribution in [0.15, 0.2) is 12.3 Å². The molecule has 0 saturated heterocycles. The number of carbonyl (C=O) groups is 1. The van der Waals surface area contributed by atoms with Crippen molar-refractivity contribution in [1.29, 1.82) is 0 Å². The van der Waals surface area contributed by atoms with Crippen LogP contribution in [0.1, 0.15) is 28.5 Å². The molecule has 112 valence electrons. The van der Waals surface area contributed by atoms with Crippen molar-refractivity contribution in [3.05, 3.63) is 29.1 Å². The Morgan fingerprint density at radius 1 is 1.43 bits per heavy atom. The maximum Gasteiger partial charge on any atom is 0.341 e. The Labute approximate surface area is 123 Å². The van der Waals surface area contributed by atoms with Gasteiger partial charge in [-0.05, 0) is 32.4 Å². The van der Waals surface area contributed by atoms with Crippen molar-refractivity contribution < 1.29 is 14.6 Å². The third kappa shape index (κ3) is 3.11. The summed E-state index contributed by atoms with van der Waals surface area (Å²) in [6.07, 6.45) is 1.46. The second-order valence-electron chi connectivity index (χ2n) is 4.70. The van der Waals surface area contributed by atoms with E-state index < -0.39 is 5.97 Å². The normalized spacial score (nSPS) is 10.7. The van der Waals surface area contributed by atoms with Gasteiger partial charge >= 0.3 is 5.97 Å². The number of hydrogen-bond acceptors (Lipinski definition) is 6. The zero-order valence-electron chi connectivity index (χ0n) is 12.4. The Hall–Kier alpha value is -2.21. The highest BCUT2D eigenvalue weighted by Crippen LogP contribution is 2.28. The molecule has 0 saturated carbocycles. The summed E-state index contributed by atoms with van der Waals surface area (Å²) in [4.78, 5) is 20.7. The number of rotatable bonds is 5. The van der Waals surface area contributed by atoms with E-state index in [0.29, 0.717) is 30.0 Å². The molecule has 0 unspecified atom stereocenters. The fraction of sp³-hybridized carbons (Fsp3) is 0.400. The number of aryl methyl sites for hydroxylation is 2. The van der Waals surface area contributed by atoms with Crippen molar-refractivity contribution in [2.75, 3.05) is 25.1 Å². The number of aromatic nitrogens is 2.